The van der Waals surface area contributed by atoms with Crippen molar-refractivity contribution in [2.45, 2.75) is 12.1 Å². The van der Waals surface area contributed by atoms with Gasteiger partial charge in [0.1, 0.15) is 18.0 Å². The van der Waals surface area contributed by atoms with Gasteiger partial charge >= 0.3 is 0 Å². The topological polar surface area (TPSA) is 104 Å². The van der Waals surface area contributed by atoms with Crippen molar-refractivity contribution in [2.24, 2.45) is 10.3 Å². The Kier molecular flexibility index (Phi) is 5.65. The first-order valence-corrected chi connectivity index (χ1v) is 10.5. The summed E-state index contributed by atoms with van der Waals surface area (Å²) in [4.78, 5) is 38.9. The van der Waals surface area contributed by atoms with Gasteiger partial charge in [-0.2, -0.15) is 5.11 Å². The predicted molar refractivity (Wildman–Crippen MR) is 120 cm³/mol. The van der Waals surface area contributed by atoms with Crippen LogP contribution in [-0.4, -0.2) is 41.4 Å². The quantitative estimate of drug-likeness (QED) is 0.546. The number of hydrogen-bond acceptors (Lipinski definition) is 7. The summed E-state index contributed by atoms with van der Waals surface area (Å²) in [7, 11) is 0. The van der Waals surface area contributed by atoms with Crippen LogP contribution in [0.1, 0.15) is 0 Å². The van der Waals surface area contributed by atoms with Crippen LogP contribution >= 0.6 is 0 Å². The van der Waals surface area contributed by atoms with Gasteiger partial charge in [0, 0.05) is 11.8 Å². The van der Waals surface area contributed by atoms with Crippen molar-refractivity contribution in [2.75, 3.05) is 16.8 Å². The number of benzene rings is 3. The van der Waals surface area contributed by atoms with Gasteiger partial charge in [-0.15, -0.1) is 0 Å². The second-order valence-corrected chi connectivity index (χ2v) is 7.79. The van der Waals surface area contributed by atoms with Crippen molar-refractivity contribution in [3.05, 3.63) is 84.4 Å². The Hall–Kier alpha value is -4.67. The van der Waals surface area contributed by atoms with Crippen molar-refractivity contribution >= 4 is 29.1 Å². The first-order chi connectivity index (χ1) is 16.9. The molecule has 9 nitrogen and oxygen atoms in total. The van der Waals surface area contributed by atoms with E-state index in [0.717, 1.165) is 28.1 Å². The van der Waals surface area contributed by atoms with Crippen LogP contribution in [0.25, 0.3) is 0 Å². The summed E-state index contributed by atoms with van der Waals surface area (Å²) in [6.45, 7) is -0.350. The maximum absolute atomic E-state index is 13.6. The Bertz CT molecular complexity index is 1330. The first-order valence-electron chi connectivity index (χ1n) is 10.5. The van der Waals surface area contributed by atoms with E-state index in [-0.39, 0.29) is 12.2 Å². The highest BCUT2D eigenvalue weighted by molar-refractivity contribution is 6.25. The molecule has 3 amide bonds. The van der Waals surface area contributed by atoms with Crippen LogP contribution in [0.2, 0.25) is 0 Å². The number of carbonyl (C=O) groups is 3. The van der Waals surface area contributed by atoms with Crippen molar-refractivity contribution in [3.8, 4) is 11.5 Å². The number of fused-ring (bicyclic) bond motifs is 1. The molecule has 2 aliphatic heterocycles. The van der Waals surface area contributed by atoms with Crippen LogP contribution in [0.4, 0.5) is 20.2 Å². The summed E-state index contributed by atoms with van der Waals surface area (Å²) in [5, 5.41) is 11.4. The number of anilines is 2. The minimum absolute atomic E-state index is 0.120. The van der Waals surface area contributed by atoms with Crippen molar-refractivity contribution in [3.63, 3.8) is 0 Å². The average Bonchev–Trinajstić information content (AvgIpc) is 3.37. The van der Waals surface area contributed by atoms with E-state index in [9.17, 15) is 23.2 Å². The van der Waals surface area contributed by atoms with E-state index >= 15 is 0 Å². The number of halogens is 2. The number of imide groups is 1. The van der Waals surface area contributed by atoms with E-state index in [2.05, 4.69) is 15.7 Å². The van der Waals surface area contributed by atoms with Gasteiger partial charge < -0.3 is 10.1 Å². The zero-order chi connectivity index (χ0) is 24.5. The molecule has 0 saturated carbocycles. The fourth-order valence-corrected chi connectivity index (χ4v) is 3.81. The zero-order valence-corrected chi connectivity index (χ0v) is 18.0. The van der Waals surface area contributed by atoms with E-state index in [1.165, 1.54) is 0 Å². The van der Waals surface area contributed by atoms with Crippen molar-refractivity contribution in [1.29, 1.82) is 0 Å². The smallest absolute Gasteiger partial charge is 0.263 e. The van der Waals surface area contributed by atoms with Gasteiger partial charge in [0.25, 0.3) is 11.8 Å². The molecule has 1 saturated heterocycles. The predicted octanol–water partition coefficient (Wildman–Crippen LogP) is 3.69. The summed E-state index contributed by atoms with van der Waals surface area (Å²) in [5.41, 5.74) is 0.367. The normalized spacial score (nSPS) is 18.7. The molecule has 35 heavy (non-hydrogen) atoms. The molecule has 5 rings (SSSR count). The zero-order valence-electron chi connectivity index (χ0n) is 18.0. The van der Waals surface area contributed by atoms with Crippen LogP contribution < -0.4 is 15.0 Å². The van der Waals surface area contributed by atoms with Crippen LogP contribution in [-0.2, 0) is 14.4 Å². The molecule has 0 aliphatic carbocycles. The fourth-order valence-electron chi connectivity index (χ4n) is 3.81. The molecule has 11 heteroatoms. The Morgan fingerprint density at radius 3 is 2.34 bits per heavy atom. The number of ether oxygens (including phenoxy) is 1. The molecule has 3 aromatic carbocycles. The maximum Gasteiger partial charge on any atom is 0.263 e. The Morgan fingerprint density at radius 1 is 0.914 bits per heavy atom. The van der Waals surface area contributed by atoms with E-state index in [4.69, 9.17) is 4.74 Å². The summed E-state index contributed by atoms with van der Waals surface area (Å²) >= 11 is 0. The van der Waals surface area contributed by atoms with Crippen LogP contribution in [0.3, 0.4) is 0 Å². The molecule has 2 aliphatic rings. The third-order valence-electron chi connectivity index (χ3n) is 5.44. The number of para-hydroxylation sites is 1. The van der Waals surface area contributed by atoms with Gasteiger partial charge in [0.15, 0.2) is 23.7 Å². The minimum atomic E-state index is -1.20. The number of nitrogens with zero attached hydrogens (tertiary/aromatic N) is 4. The van der Waals surface area contributed by atoms with Gasteiger partial charge in [0.05, 0.1) is 5.69 Å². The van der Waals surface area contributed by atoms with Crippen molar-refractivity contribution in [1.82, 2.24) is 5.01 Å². The highest BCUT2D eigenvalue weighted by atomic mass is 19.2. The Balaban J connectivity index is 1.23. The monoisotopic (exact) mass is 477 g/mol. The summed E-state index contributed by atoms with van der Waals surface area (Å²) < 4.78 is 32.6. The molecule has 0 radical (unpaired) electrons. The lowest BCUT2D eigenvalue weighted by Crippen LogP contribution is -2.43. The summed E-state index contributed by atoms with van der Waals surface area (Å²) in [6.07, 6.45) is 0. The van der Waals surface area contributed by atoms with Gasteiger partial charge in [-0.1, -0.05) is 23.4 Å². The number of carbonyl (C=O) groups excluding carboxylic acids is 3. The SMILES string of the molecule is O=C(CN1N=NC2C(=O)N(c3ccc(F)c(F)c3)C(=O)C21)Nc1ccc(Oc2ccccc2)cc1. The van der Waals surface area contributed by atoms with Crippen molar-refractivity contribution < 1.29 is 27.9 Å². The number of hydrogen-bond donors (Lipinski definition) is 1. The van der Waals surface area contributed by atoms with E-state index in [0.29, 0.717) is 17.2 Å². The van der Waals surface area contributed by atoms with Gasteiger partial charge in [-0.05, 0) is 48.5 Å². The minimum Gasteiger partial charge on any atom is -0.457 e. The maximum atomic E-state index is 13.6. The Labute approximate surface area is 197 Å². The van der Waals surface area contributed by atoms with Gasteiger partial charge in [0.2, 0.25) is 5.91 Å². The number of amides is 3. The summed E-state index contributed by atoms with van der Waals surface area (Å²) in [5.74, 6) is -3.00. The molecule has 2 atom stereocenters. The molecule has 2 unspecified atom stereocenters. The third-order valence-corrected chi connectivity index (χ3v) is 5.44. The lowest BCUT2D eigenvalue weighted by molar-refractivity contribution is -0.123. The molecule has 0 bridgehead atoms. The van der Waals surface area contributed by atoms with E-state index in [1.807, 2.05) is 30.3 Å². The fraction of sp³-hybridized carbons (Fsp3) is 0.125. The standard InChI is InChI=1S/C24H17F2N5O4/c25-18-11-8-15(12-19(18)26)31-23(33)21-22(24(31)34)30(29-28-21)13-20(32)27-14-6-9-17(10-7-14)35-16-4-2-1-3-5-16/h1-12,21-22H,13H2,(H,27,32). The molecule has 3 aromatic rings. The van der Waals surface area contributed by atoms with Crippen LogP contribution in [0.15, 0.2) is 83.1 Å². The Morgan fingerprint density at radius 2 is 1.63 bits per heavy atom. The van der Waals surface area contributed by atoms with E-state index in [1.54, 1.807) is 24.3 Å². The molecule has 2 heterocycles. The van der Waals surface area contributed by atoms with Crippen LogP contribution in [0.5, 0.6) is 11.5 Å². The molecule has 0 spiro atoms. The molecule has 1 fully saturated rings. The first kappa shape index (κ1) is 22.1. The average molecular weight is 477 g/mol. The van der Waals surface area contributed by atoms with Gasteiger partial charge in [-0.3, -0.25) is 19.4 Å². The molecular weight excluding hydrogens is 460 g/mol. The summed E-state index contributed by atoms with van der Waals surface area (Å²) in [6, 6.07) is 16.3. The van der Waals surface area contributed by atoms with Gasteiger partial charge in [-0.25, -0.2) is 13.7 Å². The third kappa shape index (κ3) is 4.31. The molecular formula is C24H17F2N5O4. The molecule has 0 aromatic heterocycles. The lowest BCUT2D eigenvalue weighted by atomic mass is 10.1. The number of nitrogens with one attached hydrogen (secondary N) is 1. The second kappa shape index (κ2) is 8.93. The largest absolute Gasteiger partial charge is 0.457 e. The lowest BCUT2D eigenvalue weighted by Gasteiger charge is -2.20. The number of rotatable bonds is 6. The molecule has 1 N–H and O–H groups in total. The highest BCUT2D eigenvalue weighted by Crippen LogP contribution is 2.32. The highest BCUT2D eigenvalue weighted by Gasteiger charge is 2.55. The van der Waals surface area contributed by atoms with Crippen LogP contribution in [0, 0.1) is 11.6 Å². The second-order valence-electron chi connectivity index (χ2n) is 7.79. The van der Waals surface area contributed by atoms with E-state index < -0.39 is 41.4 Å². The molecule has 176 valence electrons.